The zero-order valence-electron chi connectivity index (χ0n) is 27.7. The van der Waals surface area contributed by atoms with Gasteiger partial charge in [0.1, 0.15) is 6.10 Å². The van der Waals surface area contributed by atoms with Gasteiger partial charge in [-0.3, -0.25) is 0 Å². The third-order valence-electron chi connectivity index (χ3n) is 9.49. The molecule has 0 amide bonds. The summed E-state index contributed by atoms with van der Waals surface area (Å²) in [7, 11) is 0. The van der Waals surface area contributed by atoms with E-state index in [1.54, 1.807) is 0 Å². The molecule has 0 aromatic heterocycles. The number of halogens is 1. The standard InChI is InChI=1S/C39H59ClO5/c1-2-3-4-5-6-7-8-16-23-34(41)39-33(40)28-38(45-39)37-26-25-36(44-37)35(43-30-32-21-14-10-15-22-32)24-17-11-18-27-42-29-31-19-12-9-13-20-31/h9-10,12-15,19-22,33-39,41H,2-8,11,16-18,23-30H2,1H3/t33-,34-,35-,36-,37-,38+,39-/m1/s1. The predicted molar refractivity (Wildman–Crippen MR) is 184 cm³/mol. The molecule has 2 aliphatic rings. The van der Waals surface area contributed by atoms with Crippen molar-refractivity contribution in [1.29, 1.82) is 0 Å². The molecule has 2 heterocycles. The van der Waals surface area contributed by atoms with Crippen molar-refractivity contribution in [3.8, 4) is 0 Å². The molecule has 2 aromatic rings. The van der Waals surface area contributed by atoms with E-state index in [9.17, 15) is 5.11 Å². The van der Waals surface area contributed by atoms with Crippen LogP contribution in [0.3, 0.4) is 0 Å². The van der Waals surface area contributed by atoms with E-state index < -0.39 is 6.10 Å². The Morgan fingerprint density at radius 1 is 0.733 bits per heavy atom. The van der Waals surface area contributed by atoms with Crippen molar-refractivity contribution >= 4 is 11.6 Å². The largest absolute Gasteiger partial charge is 0.390 e. The Kier molecular flexibility index (Phi) is 17.3. The van der Waals surface area contributed by atoms with Crippen molar-refractivity contribution in [2.75, 3.05) is 6.61 Å². The van der Waals surface area contributed by atoms with Crippen LogP contribution in [0.4, 0.5) is 0 Å². The zero-order chi connectivity index (χ0) is 31.5. The normalized spacial score (nSPS) is 24.6. The van der Waals surface area contributed by atoms with Gasteiger partial charge in [0, 0.05) is 6.61 Å². The van der Waals surface area contributed by atoms with E-state index in [0.29, 0.717) is 13.2 Å². The van der Waals surface area contributed by atoms with Crippen LogP contribution < -0.4 is 0 Å². The van der Waals surface area contributed by atoms with Crippen LogP contribution in [-0.2, 0) is 32.2 Å². The molecule has 0 aliphatic carbocycles. The van der Waals surface area contributed by atoms with Gasteiger partial charge in [0.2, 0.25) is 0 Å². The van der Waals surface area contributed by atoms with E-state index in [2.05, 4.69) is 55.5 Å². The lowest BCUT2D eigenvalue weighted by Gasteiger charge is -2.26. The van der Waals surface area contributed by atoms with E-state index in [-0.39, 0.29) is 35.9 Å². The lowest BCUT2D eigenvalue weighted by Crippen LogP contribution is -2.35. The van der Waals surface area contributed by atoms with Gasteiger partial charge >= 0.3 is 0 Å². The average Bonchev–Trinajstić information content (AvgIpc) is 3.71. The summed E-state index contributed by atoms with van der Waals surface area (Å²) in [6, 6.07) is 20.7. The zero-order valence-corrected chi connectivity index (χ0v) is 28.5. The molecule has 0 spiro atoms. The molecule has 0 saturated carbocycles. The second-order valence-electron chi connectivity index (χ2n) is 13.2. The quantitative estimate of drug-likeness (QED) is 0.0966. The van der Waals surface area contributed by atoms with Crippen LogP contribution in [0.25, 0.3) is 0 Å². The molecule has 45 heavy (non-hydrogen) atoms. The average molecular weight is 643 g/mol. The monoisotopic (exact) mass is 642 g/mol. The number of aliphatic hydroxyl groups is 1. The minimum Gasteiger partial charge on any atom is -0.390 e. The van der Waals surface area contributed by atoms with E-state index >= 15 is 0 Å². The van der Waals surface area contributed by atoms with Gasteiger partial charge in [-0.2, -0.15) is 0 Å². The first kappa shape index (κ1) is 36.4. The first-order valence-electron chi connectivity index (χ1n) is 18.0. The van der Waals surface area contributed by atoms with Crippen LogP contribution in [0.1, 0.15) is 121 Å². The van der Waals surface area contributed by atoms with Gasteiger partial charge in [0.05, 0.1) is 49.1 Å². The summed E-state index contributed by atoms with van der Waals surface area (Å²) >= 11 is 6.75. The molecule has 1 N–H and O–H groups in total. The molecule has 0 radical (unpaired) electrons. The number of hydrogen-bond acceptors (Lipinski definition) is 5. The molecule has 2 fully saturated rings. The highest BCUT2D eigenvalue weighted by Gasteiger charge is 2.45. The van der Waals surface area contributed by atoms with E-state index in [1.165, 1.54) is 56.1 Å². The van der Waals surface area contributed by atoms with Gasteiger partial charge in [0.25, 0.3) is 0 Å². The Hall–Kier alpha value is -1.47. The second kappa shape index (κ2) is 21.4. The van der Waals surface area contributed by atoms with Crippen LogP contribution in [0.5, 0.6) is 0 Å². The molecule has 2 saturated heterocycles. The molecule has 0 bridgehead atoms. The Morgan fingerprint density at radius 3 is 2.07 bits per heavy atom. The van der Waals surface area contributed by atoms with Crippen molar-refractivity contribution in [3.05, 3.63) is 71.8 Å². The number of ether oxygens (including phenoxy) is 4. The Morgan fingerprint density at radius 2 is 1.36 bits per heavy atom. The molecule has 2 aromatic carbocycles. The van der Waals surface area contributed by atoms with Crippen LogP contribution >= 0.6 is 11.6 Å². The molecule has 6 heteroatoms. The maximum absolute atomic E-state index is 10.9. The second-order valence-corrected chi connectivity index (χ2v) is 13.8. The smallest absolute Gasteiger partial charge is 0.100 e. The van der Waals surface area contributed by atoms with Crippen molar-refractivity contribution in [3.63, 3.8) is 0 Å². The maximum atomic E-state index is 10.9. The third kappa shape index (κ3) is 13.3. The Bertz CT molecular complexity index is 1010. The molecule has 7 atom stereocenters. The first-order chi connectivity index (χ1) is 22.1. The van der Waals surface area contributed by atoms with Crippen molar-refractivity contribution in [2.24, 2.45) is 0 Å². The highest BCUT2D eigenvalue weighted by molar-refractivity contribution is 6.21. The summed E-state index contributed by atoms with van der Waals surface area (Å²) in [6.07, 6.45) is 16.9. The fourth-order valence-corrected chi connectivity index (χ4v) is 7.21. The maximum Gasteiger partial charge on any atom is 0.100 e. The number of aliphatic hydroxyl groups excluding tert-OH is 1. The van der Waals surface area contributed by atoms with Gasteiger partial charge in [-0.25, -0.2) is 0 Å². The molecule has 2 aliphatic heterocycles. The fraction of sp³-hybridized carbons (Fsp3) is 0.692. The van der Waals surface area contributed by atoms with Gasteiger partial charge in [-0.15, -0.1) is 11.6 Å². The summed E-state index contributed by atoms with van der Waals surface area (Å²) in [5, 5.41) is 10.8. The number of alkyl halides is 1. The molecule has 5 nitrogen and oxygen atoms in total. The number of rotatable bonds is 23. The summed E-state index contributed by atoms with van der Waals surface area (Å²) < 4.78 is 25.5. The van der Waals surface area contributed by atoms with Crippen LogP contribution in [0.2, 0.25) is 0 Å². The summed E-state index contributed by atoms with van der Waals surface area (Å²) in [4.78, 5) is 0. The van der Waals surface area contributed by atoms with Gasteiger partial charge in [-0.1, -0.05) is 132 Å². The Labute approximate surface area is 278 Å². The topological polar surface area (TPSA) is 57.2 Å². The van der Waals surface area contributed by atoms with E-state index in [4.69, 9.17) is 30.5 Å². The minimum absolute atomic E-state index is 0.00535. The highest BCUT2D eigenvalue weighted by atomic mass is 35.5. The first-order valence-corrected chi connectivity index (χ1v) is 18.5. The minimum atomic E-state index is -0.506. The number of unbranched alkanes of at least 4 members (excludes halogenated alkanes) is 9. The van der Waals surface area contributed by atoms with Crippen LogP contribution in [0.15, 0.2) is 60.7 Å². The lowest BCUT2D eigenvalue weighted by atomic mass is 10.0. The molecule has 4 rings (SSSR count). The summed E-state index contributed by atoms with van der Waals surface area (Å²) in [6.45, 7) is 4.29. The van der Waals surface area contributed by atoms with E-state index in [1.807, 2.05) is 12.1 Å². The van der Waals surface area contributed by atoms with E-state index in [0.717, 1.165) is 64.4 Å². The Balaban J connectivity index is 1.17. The van der Waals surface area contributed by atoms with Crippen molar-refractivity contribution < 1.29 is 24.1 Å². The summed E-state index contributed by atoms with van der Waals surface area (Å²) in [5.41, 5.74) is 2.40. The molecule has 252 valence electrons. The number of benzene rings is 2. The molecule has 0 unspecified atom stereocenters. The van der Waals surface area contributed by atoms with Gasteiger partial charge < -0.3 is 24.1 Å². The summed E-state index contributed by atoms with van der Waals surface area (Å²) in [5.74, 6) is 0. The SMILES string of the molecule is CCCCCCCCCC[C@@H](O)[C@@H]1O[C@H]([C@H]2CC[C@H]([C@@H](CCCCCOCc3ccccc3)OCc3ccccc3)O2)C[C@H]1Cl. The van der Waals surface area contributed by atoms with Crippen LogP contribution in [-0.4, -0.2) is 53.7 Å². The fourth-order valence-electron chi connectivity index (χ4n) is 6.80. The van der Waals surface area contributed by atoms with Gasteiger partial charge in [-0.05, 0) is 49.7 Å². The molecular formula is C39H59ClO5. The van der Waals surface area contributed by atoms with Crippen LogP contribution in [0, 0.1) is 0 Å². The lowest BCUT2D eigenvalue weighted by molar-refractivity contribution is -0.123. The number of hydrogen-bond donors (Lipinski definition) is 1. The predicted octanol–water partition coefficient (Wildman–Crippen LogP) is 9.55. The highest BCUT2D eigenvalue weighted by Crippen LogP contribution is 2.37. The third-order valence-corrected chi connectivity index (χ3v) is 9.92. The van der Waals surface area contributed by atoms with Gasteiger partial charge in [0.15, 0.2) is 0 Å². The van der Waals surface area contributed by atoms with Crippen molar-refractivity contribution in [1.82, 2.24) is 0 Å². The molecular weight excluding hydrogens is 584 g/mol. The van der Waals surface area contributed by atoms with Crippen molar-refractivity contribution in [2.45, 2.75) is 165 Å².